The van der Waals surface area contributed by atoms with Crippen molar-refractivity contribution in [3.8, 4) is 0 Å². The molecule has 0 bridgehead atoms. The molecule has 0 aromatic rings. The van der Waals surface area contributed by atoms with Gasteiger partial charge in [-0.25, -0.2) is 0 Å². The summed E-state index contributed by atoms with van der Waals surface area (Å²) in [5.74, 6) is 0. The third-order valence-corrected chi connectivity index (χ3v) is 2.57. The third-order valence-electron chi connectivity index (χ3n) is 2.57. The molecule has 0 N–H and O–H groups in total. The molecule has 84 valence electrons. The van der Waals surface area contributed by atoms with Crippen molar-refractivity contribution in [1.82, 2.24) is 0 Å². The van der Waals surface area contributed by atoms with E-state index in [-0.39, 0.29) is 0 Å². The Morgan fingerprint density at radius 3 is 1.73 bits per heavy atom. The summed E-state index contributed by atoms with van der Waals surface area (Å²) in [6.45, 7) is 0. The van der Waals surface area contributed by atoms with E-state index >= 15 is 0 Å². The lowest BCUT2D eigenvalue weighted by atomic mass is 10.0. The van der Waals surface area contributed by atoms with Crippen molar-refractivity contribution in [2.45, 2.75) is 51.4 Å². The molecule has 0 saturated heterocycles. The Kier molecular flexibility index (Phi) is 7.62. The van der Waals surface area contributed by atoms with Crippen LogP contribution in [0.2, 0.25) is 0 Å². The fourth-order valence-corrected chi connectivity index (χ4v) is 1.71. The molecule has 0 atom stereocenters. The number of oxime groups is 1. The van der Waals surface area contributed by atoms with Gasteiger partial charge in [0.05, 0.1) is 6.21 Å². The van der Waals surface area contributed by atoms with E-state index in [1.807, 2.05) is 6.08 Å². The predicted octanol–water partition coefficient (Wildman–Crippen LogP) is 4.19. The van der Waals surface area contributed by atoms with Gasteiger partial charge in [-0.05, 0) is 12.2 Å². The summed E-state index contributed by atoms with van der Waals surface area (Å²) in [4.78, 5) is 4.52. The first-order valence-electron chi connectivity index (χ1n) is 6.01. The summed E-state index contributed by atoms with van der Waals surface area (Å²) in [7, 11) is 0. The molecule has 2 nitrogen and oxygen atoms in total. The number of hydrogen-bond donors (Lipinski definition) is 0. The molecule has 1 fully saturated rings. The monoisotopic (exact) mass is 207 g/mol. The quantitative estimate of drug-likeness (QED) is 0.583. The lowest BCUT2D eigenvalue weighted by Gasteiger charge is -2.05. The van der Waals surface area contributed by atoms with Crippen molar-refractivity contribution in [3.05, 3.63) is 24.5 Å². The van der Waals surface area contributed by atoms with Gasteiger partial charge in [-0.1, -0.05) is 62.6 Å². The number of rotatable bonds is 0. The van der Waals surface area contributed by atoms with Crippen LogP contribution in [0.25, 0.3) is 0 Å². The average Bonchev–Trinajstić information content (AvgIpc) is 2.48. The van der Waals surface area contributed by atoms with Gasteiger partial charge in [-0.15, -0.1) is 0 Å². The summed E-state index contributed by atoms with van der Waals surface area (Å²) >= 11 is 0. The van der Waals surface area contributed by atoms with Crippen molar-refractivity contribution in [2.24, 2.45) is 5.16 Å². The first-order chi connectivity index (χ1) is 7.50. The van der Waals surface area contributed by atoms with Crippen LogP contribution >= 0.6 is 0 Å². The highest BCUT2D eigenvalue weighted by atomic mass is 16.6. The molecule has 2 rings (SSSR count). The molecule has 15 heavy (non-hydrogen) atoms. The highest BCUT2D eigenvalue weighted by Crippen LogP contribution is 2.15. The Morgan fingerprint density at radius 2 is 1.20 bits per heavy atom. The van der Waals surface area contributed by atoms with E-state index in [0.29, 0.717) is 0 Å². The second kappa shape index (κ2) is 9.50. The van der Waals surface area contributed by atoms with Crippen molar-refractivity contribution in [1.29, 1.82) is 0 Å². The minimum Gasteiger partial charge on any atom is -0.365 e. The predicted molar refractivity (Wildman–Crippen MR) is 64.8 cm³/mol. The first kappa shape index (κ1) is 12.0. The van der Waals surface area contributed by atoms with E-state index in [1.165, 1.54) is 57.6 Å². The maximum atomic E-state index is 4.52. The highest BCUT2D eigenvalue weighted by molar-refractivity contribution is 5.71. The molecule has 2 heteroatoms. The topological polar surface area (TPSA) is 21.6 Å². The lowest BCUT2D eigenvalue weighted by Crippen LogP contribution is -1.85. The van der Waals surface area contributed by atoms with E-state index in [2.05, 4.69) is 9.99 Å². The zero-order chi connectivity index (χ0) is 10.6. The maximum absolute atomic E-state index is 4.52. The van der Waals surface area contributed by atoms with Gasteiger partial charge in [-0.3, -0.25) is 0 Å². The van der Waals surface area contributed by atoms with E-state index in [1.54, 1.807) is 18.4 Å². The minimum absolute atomic E-state index is 1.50. The SMILES string of the molecule is C1=CC=NOC=C1.C1CCCCCCC1. The van der Waals surface area contributed by atoms with Crippen LogP contribution < -0.4 is 0 Å². The molecule has 1 heterocycles. The van der Waals surface area contributed by atoms with Crippen LogP contribution in [0.15, 0.2) is 29.6 Å². The average molecular weight is 207 g/mol. The molecule has 1 aliphatic heterocycles. The minimum atomic E-state index is 1.50. The summed E-state index contributed by atoms with van der Waals surface area (Å²) in [5.41, 5.74) is 0. The van der Waals surface area contributed by atoms with Crippen LogP contribution in [-0.4, -0.2) is 6.21 Å². The zero-order valence-corrected chi connectivity index (χ0v) is 9.40. The summed E-state index contributed by atoms with van der Waals surface area (Å²) < 4.78 is 0. The summed E-state index contributed by atoms with van der Waals surface area (Å²) in [5, 5.41) is 3.47. The lowest BCUT2D eigenvalue weighted by molar-refractivity contribution is 0.271. The maximum Gasteiger partial charge on any atom is 0.122 e. The second-order valence-electron chi connectivity index (χ2n) is 3.90. The van der Waals surface area contributed by atoms with Crippen LogP contribution in [0.1, 0.15) is 51.4 Å². The molecule has 0 radical (unpaired) electrons. The van der Waals surface area contributed by atoms with Gasteiger partial charge >= 0.3 is 0 Å². The Morgan fingerprint density at radius 1 is 0.667 bits per heavy atom. The Balaban J connectivity index is 0.000000151. The second-order valence-corrected chi connectivity index (χ2v) is 3.90. The molecular weight excluding hydrogens is 186 g/mol. The van der Waals surface area contributed by atoms with Gasteiger partial charge < -0.3 is 4.84 Å². The van der Waals surface area contributed by atoms with Crippen molar-refractivity contribution >= 4 is 6.21 Å². The summed E-state index contributed by atoms with van der Waals surface area (Å²) in [6.07, 6.45) is 20.5. The zero-order valence-electron chi connectivity index (χ0n) is 9.40. The largest absolute Gasteiger partial charge is 0.365 e. The van der Waals surface area contributed by atoms with Gasteiger partial charge in [0.25, 0.3) is 0 Å². The van der Waals surface area contributed by atoms with Crippen LogP contribution in [0, 0.1) is 0 Å². The smallest absolute Gasteiger partial charge is 0.122 e. The molecule has 0 aromatic heterocycles. The number of hydrogen-bond acceptors (Lipinski definition) is 2. The van der Waals surface area contributed by atoms with Crippen LogP contribution in [0.3, 0.4) is 0 Å². The van der Waals surface area contributed by atoms with Crippen LogP contribution in [0.4, 0.5) is 0 Å². The van der Waals surface area contributed by atoms with Gasteiger partial charge in [0.1, 0.15) is 6.26 Å². The normalized spacial score (nSPS) is 20.3. The van der Waals surface area contributed by atoms with Crippen molar-refractivity contribution in [3.63, 3.8) is 0 Å². The first-order valence-corrected chi connectivity index (χ1v) is 6.01. The van der Waals surface area contributed by atoms with E-state index < -0.39 is 0 Å². The molecule has 0 amide bonds. The fourth-order valence-electron chi connectivity index (χ4n) is 1.71. The summed E-state index contributed by atoms with van der Waals surface area (Å²) in [6, 6.07) is 0. The number of allylic oxidation sites excluding steroid dienone is 3. The van der Waals surface area contributed by atoms with Gasteiger partial charge in [0.2, 0.25) is 0 Å². The standard InChI is InChI=1S/C8H16.C5H5NO/c1-2-4-6-8-7-5-3-1;1-2-4-6-7-5-3-1/h1-8H2;1-5H. The van der Waals surface area contributed by atoms with Crippen molar-refractivity contribution < 1.29 is 4.84 Å². The van der Waals surface area contributed by atoms with E-state index in [4.69, 9.17) is 0 Å². The van der Waals surface area contributed by atoms with Crippen LogP contribution in [0.5, 0.6) is 0 Å². The van der Waals surface area contributed by atoms with Gasteiger partial charge in [0.15, 0.2) is 0 Å². The number of nitrogens with zero attached hydrogens (tertiary/aromatic N) is 1. The molecule has 1 saturated carbocycles. The molecule has 0 spiro atoms. The van der Waals surface area contributed by atoms with E-state index in [0.717, 1.165) is 0 Å². The van der Waals surface area contributed by atoms with Crippen molar-refractivity contribution in [2.75, 3.05) is 0 Å². The molecule has 0 unspecified atom stereocenters. The van der Waals surface area contributed by atoms with E-state index in [9.17, 15) is 0 Å². The van der Waals surface area contributed by atoms with Gasteiger partial charge in [-0.2, -0.15) is 0 Å². The molecule has 2 aliphatic rings. The fraction of sp³-hybridized carbons (Fsp3) is 0.615. The van der Waals surface area contributed by atoms with Gasteiger partial charge in [0, 0.05) is 0 Å². The molecule has 0 aromatic carbocycles. The molecule has 1 aliphatic carbocycles. The highest BCUT2D eigenvalue weighted by Gasteiger charge is 1.95. The van der Waals surface area contributed by atoms with Crippen LogP contribution in [-0.2, 0) is 4.84 Å². The third kappa shape index (κ3) is 7.98. The Bertz CT molecular complexity index is 181. The Hall–Kier alpha value is -1.05. The Labute approximate surface area is 92.7 Å². The molecular formula is C13H21NO.